The fourth-order valence-corrected chi connectivity index (χ4v) is 3.04. The van der Waals surface area contributed by atoms with E-state index in [2.05, 4.69) is 0 Å². The van der Waals surface area contributed by atoms with E-state index in [4.69, 9.17) is 10.8 Å². The standard InChI is InChI=1S/C15H28N2O3/c1-12(11-16)6-7-13(18)17(2)15(10-14(19)20)8-4-3-5-9-15/h12H,3-11,16H2,1-2H3,(H,19,20). The van der Waals surface area contributed by atoms with Gasteiger partial charge in [0.25, 0.3) is 0 Å². The minimum absolute atomic E-state index is 0.0495. The molecule has 1 aliphatic rings. The van der Waals surface area contributed by atoms with Crippen LogP contribution in [0, 0.1) is 5.92 Å². The quantitative estimate of drug-likeness (QED) is 0.749. The third kappa shape index (κ3) is 4.47. The van der Waals surface area contributed by atoms with Crippen molar-refractivity contribution < 1.29 is 14.7 Å². The molecule has 1 rings (SSSR count). The lowest BCUT2D eigenvalue weighted by atomic mass is 9.78. The average Bonchev–Trinajstić information content (AvgIpc) is 2.43. The first-order chi connectivity index (χ1) is 9.41. The van der Waals surface area contributed by atoms with Crippen LogP contribution in [0.2, 0.25) is 0 Å². The predicted octanol–water partition coefficient (Wildman–Crippen LogP) is 2.00. The molecule has 1 amide bonds. The largest absolute Gasteiger partial charge is 0.481 e. The molecule has 116 valence electrons. The minimum Gasteiger partial charge on any atom is -0.481 e. The van der Waals surface area contributed by atoms with Gasteiger partial charge < -0.3 is 15.7 Å². The van der Waals surface area contributed by atoms with E-state index < -0.39 is 11.5 Å². The molecule has 1 aliphatic carbocycles. The topological polar surface area (TPSA) is 83.6 Å². The number of carbonyl (C=O) groups excluding carboxylic acids is 1. The smallest absolute Gasteiger partial charge is 0.305 e. The first kappa shape index (κ1) is 17.0. The highest BCUT2D eigenvalue weighted by Crippen LogP contribution is 2.36. The molecule has 1 unspecified atom stereocenters. The van der Waals surface area contributed by atoms with E-state index in [9.17, 15) is 9.59 Å². The van der Waals surface area contributed by atoms with Crippen molar-refractivity contribution >= 4 is 11.9 Å². The van der Waals surface area contributed by atoms with Crippen molar-refractivity contribution in [1.29, 1.82) is 0 Å². The van der Waals surface area contributed by atoms with Crippen molar-refractivity contribution in [2.45, 2.75) is 63.8 Å². The normalized spacial score (nSPS) is 19.4. The zero-order valence-corrected chi connectivity index (χ0v) is 12.7. The van der Waals surface area contributed by atoms with E-state index in [0.717, 1.165) is 38.5 Å². The summed E-state index contributed by atoms with van der Waals surface area (Å²) < 4.78 is 0. The summed E-state index contributed by atoms with van der Waals surface area (Å²) in [4.78, 5) is 25.2. The number of amides is 1. The molecular formula is C15H28N2O3. The molecule has 5 heteroatoms. The second kappa shape index (κ2) is 7.62. The maximum Gasteiger partial charge on any atom is 0.305 e. The number of nitrogens with two attached hydrogens (primary N) is 1. The molecule has 0 saturated heterocycles. The van der Waals surface area contributed by atoms with Crippen LogP contribution in [0.15, 0.2) is 0 Å². The third-order valence-electron chi connectivity index (χ3n) is 4.60. The van der Waals surface area contributed by atoms with Gasteiger partial charge in [-0.2, -0.15) is 0 Å². The van der Waals surface area contributed by atoms with Crippen molar-refractivity contribution in [2.24, 2.45) is 11.7 Å². The Bertz CT molecular complexity index is 338. The van der Waals surface area contributed by atoms with Crippen molar-refractivity contribution in [3.63, 3.8) is 0 Å². The van der Waals surface area contributed by atoms with Gasteiger partial charge in [-0.05, 0) is 31.7 Å². The molecule has 0 spiro atoms. The van der Waals surface area contributed by atoms with Crippen LogP contribution < -0.4 is 5.73 Å². The molecule has 0 bridgehead atoms. The molecular weight excluding hydrogens is 256 g/mol. The van der Waals surface area contributed by atoms with Gasteiger partial charge in [-0.1, -0.05) is 26.2 Å². The Morgan fingerprint density at radius 1 is 1.30 bits per heavy atom. The summed E-state index contributed by atoms with van der Waals surface area (Å²) in [6.45, 7) is 2.61. The monoisotopic (exact) mass is 284 g/mol. The lowest BCUT2D eigenvalue weighted by Crippen LogP contribution is -2.52. The van der Waals surface area contributed by atoms with E-state index in [1.165, 1.54) is 0 Å². The van der Waals surface area contributed by atoms with E-state index >= 15 is 0 Å². The van der Waals surface area contributed by atoms with E-state index in [-0.39, 0.29) is 12.3 Å². The van der Waals surface area contributed by atoms with Crippen LogP contribution >= 0.6 is 0 Å². The Hall–Kier alpha value is -1.10. The number of hydrogen-bond acceptors (Lipinski definition) is 3. The number of carbonyl (C=O) groups is 2. The highest BCUT2D eigenvalue weighted by molar-refractivity contribution is 5.78. The number of rotatable bonds is 7. The van der Waals surface area contributed by atoms with E-state index in [1.54, 1.807) is 11.9 Å². The molecule has 0 aliphatic heterocycles. The fraction of sp³-hybridized carbons (Fsp3) is 0.867. The van der Waals surface area contributed by atoms with Gasteiger partial charge in [0.2, 0.25) is 5.91 Å². The number of carboxylic acids is 1. The second-order valence-electron chi connectivity index (χ2n) is 6.19. The van der Waals surface area contributed by atoms with E-state index in [1.807, 2.05) is 6.92 Å². The van der Waals surface area contributed by atoms with Crippen LogP contribution in [0.25, 0.3) is 0 Å². The summed E-state index contributed by atoms with van der Waals surface area (Å²) in [5.41, 5.74) is 5.09. The molecule has 5 nitrogen and oxygen atoms in total. The zero-order chi connectivity index (χ0) is 15.2. The van der Waals surface area contributed by atoms with E-state index in [0.29, 0.717) is 18.9 Å². The molecule has 0 radical (unpaired) electrons. The Morgan fingerprint density at radius 3 is 2.40 bits per heavy atom. The van der Waals surface area contributed by atoms with Crippen LogP contribution in [0.5, 0.6) is 0 Å². The number of nitrogens with zero attached hydrogens (tertiary/aromatic N) is 1. The van der Waals surface area contributed by atoms with Crippen molar-refractivity contribution in [3.8, 4) is 0 Å². The van der Waals surface area contributed by atoms with Gasteiger partial charge >= 0.3 is 5.97 Å². The van der Waals surface area contributed by atoms with Crippen LogP contribution in [-0.2, 0) is 9.59 Å². The fourth-order valence-electron chi connectivity index (χ4n) is 3.04. The van der Waals surface area contributed by atoms with Gasteiger partial charge in [-0.25, -0.2) is 0 Å². The minimum atomic E-state index is -0.818. The van der Waals surface area contributed by atoms with Crippen molar-refractivity contribution in [2.75, 3.05) is 13.6 Å². The van der Waals surface area contributed by atoms with Crippen molar-refractivity contribution in [1.82, 2.24) is 4.90 Å². The SMILES string of the molecule is CC(CN)CCC(=O)N(C)C1(CC(=O)O)CCCCC1. The summed E-state index contributed by atoms with van der Waals surface area (Å²) in [6, 6.07) is 0. The van der Waals surface area contributed by atoms with Crippen LogP contribution in [-0.4, -0.2) is 41.0 Å². The van der Waals surface area contributed by atoms with Crippen LogP contribution in [0.1, 0.15) is 58.3 Å². The van der Waals surface area contributed by atoms with Gasteiger partial charge in [-0.15, -0.1) is 0 Å². The zero-order valence-electron chi connectivity index (χ0n) is 12.7. The maximum atomic E-state index is 12.3. The number of aliphatic carboxylic acids is 1. The Labute approximate surface area is 121 Å². The van der Waals surface area contributed by atoms with Gasteiger partial charge in [0, 0.05) is 13.5 Å². The van der Waals surface area contributed by atoms with Crippen LogP contribution in [0.4, 0.5) is 0 Å². The van der Waals surface area contributed by atoms with Gasteiger partial charge in [-0.3, -0.25) is 9.59 Å². The molecule has 1 atom stereocenters. The highest BCUT2D eigenvalue weighted by Gasteiger charge is 2.40. The predicted molar refractivity (Wildman–Crippen MR) is 78.3 cm³/mol. The first-order valence-corrected chi connectivity index (χ1v) is 7.60. The summed E-state index contributed by atoms with van der Waals surface area (Å²) in [5.74, 6) is -0.440. The molecule has 1 saturated carbocycles. The van der Waals surface area contributed by atoms with Gasteiger partial charge in [0.05, 0.1) is 12.0 Å². The second-order valence-corrected chi connectivity index (χ2v) is 6.19. The molecule has 20 heavy (non-hydrogen) atoms. The van der Waals surface area contributed by atoms with Crippen molar-refractivity contribution in [3.05, 3.63) is 0 Å². The lowest BCUT2D eigenvalue weighted by Gasteiger charge is -2.44. The number of carboxylic acid groups (broad SMARTS) is 1. The van der Waals surface area contributed by atoms with Gasteiger partial charge in [0.15, 0.2) is 0 Å². The Morgan fingerprint density at radius 2 is 1.90 bits per heavy atom. The lowest BCUT2D eigenvalue weighted by molar-refractivity contribution is -0.146. The first-order valence-electron chi connectivity index (χ1n) is 7.60. The Balaban J connectivity index is 2.69. The molecule has 0 aromatic carbocycles. The summed E-state index contributed by atoms with van der Waals surface area (Å²) in [5, 5.41) is 9.16. The van der Waals surface area contributed by atoms with Gasteiger partial charge in [0.1, 0.15) is 0 Å². The number of hydrogen-bond donors (Lipinski definition) is 2. The molecule has 0 aromatic heterocycles. The molecule has 3 N–H and O–H groups in total. The third-order valence-corrected chi connectivity index (χ3v) is 4.60. The summed E-state index contributed by atoms with van der Waals surface area (Å²) in [7, 11) is 1.77. The summed E-state index contributed by atoms with van der Waals surface area (Å²) in [6.07, 6.45) is 6.02. The summed E-state index contributed by atoms with van der Waals surface area (Å²) >= 11 is 0. The Kier molecular flexibility index (Phi) is 6.46. The average molecular weight is 284 g/mol. The molecule has 1 fully saturated rings. The highest BCUT2D eigenvalue weighted by atomic mass is 16.4. The van der Waals surface area contributed by atoms with Crippen LogP contribution in [0.3, 0.4) is 0 Å². The molecule has 0 aromatic rings. The maximum absolute atomic E-state index is 12.3. The molecule has 0 heterocycles.